The van der Waals surface area contributed by atoms with E-state index < -0.39 is 0 Å². The highest BCUT2D eigenvalue weighted by atomic mass is 16.5. The molecule has 1 rings (SSSR count). The van der Waals surface area contributed by atoms with Gasteiger partial charge in [-0.3, -0.25) is 9.69 Å². The van der Waals surface area contributed by atoms with Gasteiger partial charge in [-0.1, -0.05) is 13.8 Å². The summed E-state index contributed by atoms with van der Waals surface area (Å²) in [5, 5.41) is 3.40. The molecule has 18 heavy (non-hydrogen) atoms. The largest absolute Gasteiger partial charge is 0.465 e. The number of esters is 1. The zero-order valence-corrected chi connectivity index (χ0v) is 12.2. The summed E-state index contributed by atoms with van der Waals surface area (Å²) in [6, 6.07) is 0.856. The molecule has 0 radical (unpaired) electrons. The molecule has 1 aliphatic carbocycles. The Morgan fingerprint density at radius 2 is 2.06 bits per heavy atom. The topological polar surface area (TPSA) is 41.6 Å². The minimum absolute atomic E-state index is 0.105. The van der Waals surface area contributed by atoms with Gasteiger partial charge >= 0.3 is 5.97 Å². The van der Waals surface area contributed by atoms with Crippen molar-refractivity contribution in [3.63, 3.8) is 0 Å². The maximum Gasteiger partial charge on any atom is 0.324 e. The Balaban J connectivity index is 2.54. The molecule has 0 aliphatic heterocycles. The molecule has 0 spiro atoms. The SMILES string of the molecule is CCOC(=O)C(CN(CC)C(C)CC)NC1CC1. The van der Waals surface area contributed by atoms with Crippen LogP contribution in [0, 0.1) is 0 Å². The predicted molar refractivity (Wildman–Crippen MR) is 73.6 cm³/mol. The van der Waals surface area contributed by atoms with Crippen molar-refractivity contribution in [2.45, 2.75) is 65.1 Å². The van der Waals surface area contributed by atoms with Crippen LogP contribution in [-0.2, 0) is 9.53 Å². The van der Waals surface area contributed by atoms with Gasteiger partial charge in [0, 0.05) is 18.6 Å². The first kappa shape index (κ1) is 15.4. The summed E-state index contributed by atoms with van der Waals surface area (Å²) in [7, 11) is 0. The molecular weight excluding hydrogens is 228 g/mol. The third-order valence-electron chi connectivity index (χ3n) is 3.62. The molecule has 0 bridgehead atoms. The third-order valence-corrected chi connectivity index (χ3v) is 3.62. The molecule has 4 heteroatoms. The van der Waals surface area contributed by atoms with E-state index in [2.05, 4.69) is 31.0 Å². The first-order valence-corrected chi connectivity index (χ1v) is 7.29. The molecule has 1 N–H and O–H groups in total. The summed E-state index contributed by atoms with van der Waals surface area (Å²) >= 11 is 0. The average Bonchev–Trinajstić information content (AvgIpc) is 3.17. The summed E-state index contributed by atoms with van der Waals surface area (Å²) < 4.78 is 5.16. The van der Waals surface area contributed by atoms with E-state index in [1.807, 2.05) is 6.92 Å². The standard InChI is InChI=1S/C14H28N2O2/c1-5-11(4)16(6-2)10-13(14(17)18-7-3)15-12-8-9-12/h11-13,15H,5-10H2,1-4H3. The van der Waals surface area contributed by atoms with Gasteiger partial charge in [0.2, 0.25) is 0 Å². The van der Waals surface area contributed by atoms with Gasteiger partial charge in [-0.05, 0) is 39.7 Å². The normalized spacial score (nSPS) is 18.7. The lowest BCUT2D eigenvalue weighted by molar-refractivity contribution is -0.146. The minimum atomic E-state index is -0.175. The molecule has 0 heterocycles. The van der Waals surface area contributed by atoms with E-state index in [0.717, 1.165) is 19.5 Å². The first-order chi connectivity index (χ1) is 8.62. The number of hydrogen-bond acceptors (Lipinski definition) is 4. The van der Waals surface area contributed by atoms with Crippen molar-refractivity contribution in [3.8, 4) is 0 Å². The number of nitrogens with one attached hydrogen (secondary N) is 1. The van der Waals surface area contributed by atoms with E-state index in [9.17, 15) is 4.79 Å². The highest BCUT2D eigenvalue weighted by molar-refractivity contribution is 5.76. The van der Waals surface area contributed by atoms with Crippen molar-refractivity contribution >= 4 is 5.97 Å². The van der Waals surface area contributed by atoms with Gasteiger partial charge in [0.1, 0.15) is 6.04 Å². The monoisotopic (exact) mass is 256 g/mol. The van der Waals surface area contributed by atoms with E-state index in [1.54, 1.807) is 0 Å². The van der Waals surface area contributed by atoms with Crippen molar-refractivity contribution in [1.82, 2.24) is 10.2 Å². The number of carbonyl (C=O) groups is 1. The smallest absolute Gasteiger partial charge is 0.324 e. The number of likely N-dealkylation sites (N-methyl/N-ethyl adjacent to an activating group) is 1. The van der Waals surface area contributed by atoms with E-state index in [4.69, 9.17) is 4.74 Å². The Kier molecular flexibility index (Phi) is 6.65. The Bertz CT molecular complexity index is 254. The van der Waals surface area contributed by atoms with Crippen molar-refractivity contribution in [1.29, 1.82) is 0 Å². The van der Waals surface area contributed by atoms with Crippen LogP contribution in [0.5, 0.6) is 0 Å². The van der Waals surface area contributed by atoms with Gasteiger partial charge in [-0.2, -0.15) is 0 Å². The van der Waals surface area contributed by atoms with Gasteiger partial charge in [-0.15, -0.1) is 0 Å². The second kappa shape index (κ2) is 7.74. The number of carbonyl (C=O) groups excluding carboxylic acids is 1. The van der Waals surface area contributed by atoms with E-state index in [1.165, 1.54) is 12.8 Å². The second-order valence-corrected chi connectivity index (χ2v) is 5.09. The van der Waals surface area contributed by atoms with Gasteiger partial charge < -0.3 is 10.1 Å². The van der Waals surface area contributed by atoms with Crippen molar-refractivity contribution in [3.05, 3.63) is 0 Å². The van der Waals surface area contributed by atoms with Gasteiger partial charge in [-0.25, -0.2) is 0 Å². The summed E-state index contributed by atoms with van der Waals surface area (Å²) in [5.41, 5.74) is 0. The number of hydrogen-bond donors (Lipinski definition) is 1. The molecule has 0 amide bonds. The van der Waals surface area contributed by atoms with Crippen LogP contribution in [-0.4, -0.2) is 48.7 Å². The predicted octanol–water partition coefficient (Wildman–Crippen LogP) is 1.79. The molecule has 4 nitrogen and oxygen atoms in total. The van der Waals surface area contributed by atoms with Gasteiger partial charge in [0.25, 0.3) is 0 Å². The molecule has 0 saturated heterocycles. The quantitative estimate of drug-likeness (QED) is 0.639. The van der Waals surface area contributed by atoms with Crippen molar-refractivity contribution in [2.24, 2.45) is 0 Å². The molecule has 106 valence electrons. The van der Waals surface area contributed by atoms with Crippen LogP contribution in [0.1, 0.15) is 47.0 Å². The molecule has 1 aliphatic rings. The summed E-state index contributed by atoms with van der Waals surface area (Å²) in [6.07, 6.45) is 3.48. The Morgan fingerprint density at radius 3 is 2.50 bits per heavy atom. The average molecular weight is 256 g/mol. The fourth-order valence-corrected chi connectivity index (χ4v) is 2.09. The summed E-state index contributed by atoms with van der Waals surface area (Å²) in [4.78, 5) is 14.3. The van der Waals surface area contributed by atoms with E-state index in [0.29, 0.717) is 18.7 Å². The number of nitrogens with zero attached hydrogens (tertiary/aromatic N) is 1. The molecule has 1 saturated carbocycles. The maximum atomic E-state index is 12.0. The number of ether oxygens (including phenoxy) is 1. The van der Waals surface area contributed by atoms with Crippen LogP contribution < -0.4 is 5.32 Å². The lowest BCUT2D eigenvalue weighted by atomic mass is 10.2. The fourth-order valence-electron chi connectivity index (χ4n) is 2.09. The van der Waals surface area contributed by atoms with E-state index in [-0.39, 0.29) is 12.0 Å². The molecule has 1 fully saturated rings. The number of rotatable bonds is 9. The molecule has 2 unspecified atom stereocenters. The Morgan fingerprint density at radius 1 is 1.39 bits per heavy atom. The maximum absolute atomic E-state index is 12.0. The van der Waals surface area contributed by atoms with Crippen LogP contribution in [0.25, 0.3) is 0 Å². The lowest BCUT2D eigenvalue weighted by Gasteiger charge is -2.30. The van der Waals surface area contributed by atoms with Gasteiger partial charge in [0.05, 0.1) is 6.61 Å². The minimum Gasteiger partial charge on any atom is -0.465 e. The van der Waals surface area contributed by atoms with Crippen LogP contribution >= 0.6 is 0 Å². The summed E-state index contributed by atoms with van der Waals surface area (Å²) in [6.45, 7) is 10.6. The highest BCUT2D eigenvalue weighted by Gasteiger charge is 2.30. The van der Waals surface area contributed by atoms with Crippen LogP contribution in [0.15, 0.2) is 0 Å². The third kappa shape index (κ3) is 4.94. The highest BCUT2D eigenvalue weighted by Crippen LogP contribution is 2.20. The lowest BCUT2D eigenvalue weighted by Crippen LogP contribution is -2.49. The van der Waals surface area contributed by atoms with Crippen molar-refractivity contribution in [2.75, 3.05) is 19.7 Å². The van der Waals surface area contributed by atoms with Crippen LogP contribution in [0.3, 0.4) is 0 Å². The molecule has 0 aromatic carbocycles. The Labute approximate surface area is 111 Å². The molecular formula is C14H28N2O2. The zero-order valence-electron chi connectivity index (χ0n) is 12.2. The van der Waals surface area contributed by atoms with Crippen LogP contribution in [0.4, 0.5) is 0 Å². The first-order valence-electron chi connectivity index (χ1n) is 7.29. The summed E-state index contributed by atoms with van der Waals surface area (Å²) in [5.74, 6) is -0.105. The van der Waals surface area contributed by atoms with Crippen molar-refractivity contribution < 1.29 is 9.53 Å². The molecule has 2 atom stereocenters. The molecule has 0 aromatic heterocycles. The van der Waals surface area contributed by atoms with Crippen LogP contribution in [0.2, 0.25) is 0 Å². The Hall–Kier alpha value is -0.610. The van der Waals surface area contributed by atoms with Gasteiger partial charge in [0.15, 0.2) is 0 Å². The molecule has 0 aromatic rings. The van der Waals surface area contributed by atoms with E-state index >= 15 is 0 Å². The second-order valence-electron chi connectivity index (χ2n) is 5.09. The zero-order chi connectivity index (χ0) is 13.5. The fraction of sp³-hybridized carbons (Fsp3) is 0.929.